The van der Waals surface area contributed by atoms with Crippen LogP contribution in [0.25, 0.3) is 0 Å². The van der Waals surface area contributed by atoms with Crippen molar-refractivity contribution in [2.75, 3.05) is 21.1 Å². The van der Waals surface area contributed by atoms with Gasteiger partial charge in [0, 0.05) is 25.7 Å². The molecule has 0 aliphatic heterocycles. The minimum Gasteiger partial charge on any atom is -0.328 e. The summed E-state index contributed by atoms with van der Waals surface area (Å²) in [4.78, 5) is 26.5. The summed E-state index contributed by atoms with van der Waals surface area (Å²) < 4.78 is 0. The van der Waals surface area contributed by atoms with Gasteiger partial charge in [0.15, 0.2) is 0 Å². The summed E-state index contributed by atoms with van der Waals surface area (Å²) in [5.74, 6) is 0. The average molecular weight is 181 g/mol. The van der Waals surface area contributed by atoms with Gasteiger partial charge in [0.2, 0.25) is 0 Å². The molecule has 5 nitrogen and oxygen atoms in total. The highest BCUT2D eigenvalue weighted by Gasteiger charge is 2.13. The van der Waals surface area contributed by atoms with Gasteiger partial charge >= 0.3 is 11.5 Å². The topological polar surface area (TPSA) is 49.9 Å². The van der Waals surface area contributed by atoms with E-state index in [0.29, 0.717) is 0 Å². The summed E-state index contributed by atoms with van der Waals surface area (Å²) in [6, 6.07) is -0.459. The second kappa shape index (κ2) is 4.02. The van der Waals surface area contributed by atoms with E-state index in [-0.39, 0.29) is 0 Å². The van der Waals surface area contributed by atoms with Crippen LogP contribution in [0.15, 0.2) is 0 Å². The number of nitrogens with zero attached hydrogens (tertiary/aromatic N) is 2. The molecule has 0 aliphatic carbocycles. The van der Waals surface area contributed by atoms with E-state index < -0.39 is 11.5 Å². The first-order chi connectivity index (χ1) is 4.95. The molecule has 0 heterocycles. The van der Waals surface area contributed by atoms with Crippen molar-refractivity contribution in [3.8, 4) is 0 Å². The molecule has 0 N–H and O–H groups in total. The molecule has 64 valence electrons. The largest absolute Gasteiger partial charge is 0.428 e. The first-order valence-electron chi connectivity index (χ1n) is 2.77. The van der Waals surface area contributed by atoms with Crippen LogP contribution >= 0.6 is 11.6 Å². The maximum Gasteiger partial charge on any atom is 0.428 e. The van der Waals surface area contributed by atoms with Gasteiger partial charge in [-0.05, 0) is 0 Å². The van der Waals surface area contributed by atoms with E-state index in [1.165, 1.54) is 26.0 Å². The van der Waals surface area contributed by atoms with Crippen LogP contribution in [0, 0.1) is 0 Å². The molecule has 0 saturated heterocycles. The van der Waals surface area contributed by atoms with Crippen LogP contribution in [0.1, 0.15) is 0 Å². The molecular weight excluding hydrogens is 172 g/mol. The Bertz CT molecular complexity index is 171. The van der Waals surface area contributed by atoms with Gasteiger partial charge in [-0.25, -0.2) is 9.59 Å². The molecule has 0 spiro atoms. The predicted octanol–water partition coefficient (Wildman–Crippen LogP) is 0.890. The Labute approximate surface area is 69.4 Å². The lowest BCUT2D eigenvalue weighted by Crippen LogP contribution is -2.36. The van der Waals surface area contributed by atoms with Gasteiger partial charge in [0.05, 0.1) is 7.05 Å². The number of amides is 2. The molecule has 0 bridgehead atoms. The van der Waals surface area contributed by atoms with Gasteiger partial charge in [0.25, 0.3) is 0 Å². The highest BCUT2D eigenvalue weighted by atomic mass is 35.5. The van der Waals surface area contributed by atoms with Crippen molar-refractivity contribution >= 4 is 23.1 Å². The normalized spacial score (nSPS) is 8.73. The lowest BCUT2D eigenvalue weighted by Gasteiger charge is -2.18. The van der Waals surface area contributed by atoms with Crippen LogP contribution in [-0.2, 0) is 4.84 Å². The Balaban J connectivity index is 3.93. The number of rotatable bonds is 0. The highest BCUT2D eigenvalue weighted by Crippen LogP contribution is 1.95. The van der Waals surface area contributed by atoms with Crippen LogP contribution < -0.4 is 0 Å². The molecule has 6 heteroatoms. The fourth-order valence-electron chi connectivity index (χ4n) is 0.428. The summed E-state index contributed by atoms with van der Waals surface area (Å²) >= 11 is 4.85. The molecule has 0 saturated carbocycles. The van der Waals surface area contributed by atoms with Crippen LogP contribution in [0.3, 0.4) is 0 Å². The van der Waals surface area contributed by atoms with E-state index in [4.69, 9.17) is 11.6 Å². The summed E-state index contributed by atoms with van der Waals surface area (Å²) in [5.41, 5.74) is -1.04. The van der Waals surface area contributed by atoms with E-state index in [1.807, 2.05) is 0 Å². The minimum atomic E-state index is -1.04. The number of hydrogen-bond donors (Lipinski definition) is 0. The van der Waals surface area contributed by atoms with E-state index in [2.05, 4.69) is 4.84 Å². The van der Waals surface area contributed by atoms with Crippen molar-refractivity contribution in [2.45, 2.75) is 0 Å². The van der Waals surface area contributed by atoms with Crippen molar-refractivity contribution < 1.29 is 14.4 Å². The van der Waals surface area contributed by atoms with E-state index in [1.54, 1.807) is 0 Å². The Morgan fingerprint density at radius 3 is 2.00 bits per heavy atom. The number of halogens is 1. The molecule has 0 aromatic rings. The predicted molar refractivity (Wildman–Crippen MR) is 39.2 cm³/mol. The van der Waals surface area contributed by atoms with E-state index in [0.717, 1.165) is 5.06 Å². The first-order valence-corrected chi connectivity index (χ1v) is 3.15. The maximum atomic E-state index is 10.9. The van der Waals surface area contributed by atoms with Gasteiger partial charge in [-0.1, -0.05) is 0 Å². The lowest BCUT2D eigenvalue weighted by molar-refractivity contribution is -0.0331. The van der Waals surface area contributed by atoms with E-state index >= 15 is 0 Å². The number of hydroxylamine groups is 2. The third-order valence-electron chi connectivity index (χ3n) is 0.861. The maximum absolute atomic E-state index is 10.9. The lowest BCUT2D eigenvalue weighted by atomic mass is 10.8. The van der Waals surface area contributed by atoms with Gasteiger partial charge < -0.3 is 9.74 Å². The number of urea groups is 1. The fraction of sp³-hybridized carbons (Fsp3) is 0.600. The SMILES string of the molecule is CN(C)C(=O)N(C)OC(=O)Cl. The zero-order chi connectivity index (χ0) is 9.02. The molecule has 0 aliphatic rings. The standard InChI is InChI=1S/C5H9ClN2O3/c1-7(2)5(10)8(3)11-4(6)9/h1-3H3. The zero-order valence-corrected chi connectivity index (χ0v) is 7.25. The highest BCUT2D eigenvalue weighted by molar-refractivity contribution is 6.61. The zero-order valence-electron chi connectivity index (χ0n) is 6.50. The van der Waals surface area contributed by atoms with Crippen LogP contribution in [0.5, 0.6) is 0 Å². The molecule has 11 heavy (non-hydrogen) atoms. The van der Waals surface area contributed by atoms with Crippen molar-refractivity contribution in [2.24, 2.45) is 0 Å². The smallest absolute Gasteiger partial charge is 0.328 e. The van der Waals surface area contributed by atoms with Crippen LogP contribution in [-0.4, -0.2) is 42.6 Å². The van der Waals surface area contributed by atoms with Crippen LogP contribution in [0.4, 0.5) is 9.59 Å². The first kappa shape index (κ1) is 10.0. The summed E-state index contributed by atoms with van der Waals surface area (Å²) in [5, 5.41) is 0.745. The number of hydrogen-bond acceptors (Lipinski definition) is 3. The van der Waals surface area contributed by atoms with Crippen molar-refractivity contribution in [1.29, 1.82) is 0 Å². The molecule has 0 aromatic heterocycles. The number of carbonyl (C=O) groups excluding carboxylic acids is 2. The van der Waals surface area contributed by atoms with E-state index in [9.17, 15) is 9.59 Å². The second-order valence-electron chi connectivity index (χ2n) is 2.00. The molecule has 2 amide bonds. The fourth-order valence-corrected chi connectivity index (χ4v) is 0.532. The van der Waals surface area contributed by atoms with Crippen molar-refractivity contribution in [1.82, 2.24) is 9.96 Å². The minimum absolute atomic E-state index is 0.459. The molecule has 0 atom stereocenters. The Kier molecular flexibility index (Phi) is 3.67. The van der Waals surface area contributed by atoms with Crippen LogP contribution in [0.2, 0.25) is 0 Å². The molecule has 0 radical (unpaired) electrons. The monoisotopic (exact) mass is 180 g/mol. The molecule has 0 unspecified atom stereocenters. The molecule has 0 aromatic carbocycles. The Hall–Kier alpha value is -0.970. The molecule has 0 rings (SSSR count). The van der Waals surface area contributed by atoms with Gasteiger partial charge in [-0.15, -0.1) is 0 Å². The third-order valence-corrected chi connectivity index (χ3v) is 0.930. The second-order valence-corrected chi connectivity index (χ2v) is 2.31. The van der Waals surface area contributed by atoms with Crippen molar-refractivity contribution in [3.63, 3.8) is 0 Å². The third kappa shape index (κ3) is 3.67. The summed E-state index contributed by atoms with van der Waals surface area (Å²) in [7, 11) is 4.35. The van der Waals surface area contributed by atoms with Gasteiger partial charge in [-0.3, -0.25) is 0 Å². The van der Waals surface area contributed by atoms with Gasteiger partial charge in [0.1, 0.15) is 0 Å². The molecule has 0 fully saturated rings. The average Bonchev–Trinajstić information content (AvgIpc) is 1.84. The van der Waals surface area contributed by atoms with Crippen molar-refractivity contribution in [3.05, 3.63) is 0 Å². The Morgan fingerprint density at radius 2 is 1.73 bits per heavy atom. The number of carbonyl (C=O) groups is 2. The summed E-state index contributed by atoms with van der Waals surface area (Å²) in [6.07, 6.45) is 0. The summed E-state index contributed by atoms with van der Waals surface area (Å²) in [6.45, 7) is 0. The Morgan fingerprint density at radius 1 is 1.27 bits per heavy atom. The van der Waals surface area contributed by atoms with Gasteiger partial charge in [-0.2, -0.15) is 5.06 Å². The quantitative estimate of drug-likeness (QED) is 0.411. The molecular formula is C5H9ClN2O3.